The van der Waals surface area contributed by atoms with E-state index in [1.54, 1.807) is 39.0 Å². The second kappa shape index (κ2) is 9.97. The molecule has 1 aromatic carbocycles. The molecule has 42 heavy (non-hydrogen) atoms. The van der Waals surface area contributed by atoms with Crippen LogP contribution in [-0.4, -0.2) is 87.3 Å². The molecule has 0 amide bonds. The minimum atomic E-state index is -2.11. The zero-order valence-corrected chi connectivity index (χ0v) is 24.6. The van der Waals surface area contributed by atoms with E-state index in [0.717, 1.165) is 6.92 Å². The van der Waals surface area contributed by atoms with Crippen LogP contribution in [0.2, 0.25) is 0 Å². The Labute approximate surface area is 243 Å². The molecule has 5 rings (SSSR count). The molecule has 0 spiro atoms. The molecule has 228 valence electrons. The van der Waals surface area contributed by atoms with Crippen molar-refractivity contribution in [2.24, 2.45) is 16.7 Å². The lowest BCUT2D eigenvalue weighted by Crippen LogP contribution is -2.81. The number of carbonyl (C=O) groups is 4. The molecule has 1 heterocycles. The van der Waals surface area contributed by atoms with E-state index in [1.165, 1.54) is 26.0 Å². The van der Waals surface area contributed by atoms with E-state index in [0.29, 0.717) is 5.57 Å². The zero-order chi connectivity index (χ0) is 31.0. The highest BCUT2D eigenvalue weighted by molar-refractivity contribution is 5.95. The summed E-state index contributed by atoms with van der Waals surface area (Å²) in [7, 11) is 0. The van der Waals surface area contributed by atoms with E-state index < -0.39 is 82.2 Å². The van der Waals surface area contributed by atoms with Crippen LogP contribution >= 0.6 is 0 Å². The number of aliphatic hydroxyl groups excluding tert-OH is 2. The first-order valence-electron chi connectivity index (χ1n) is 14.1. The zero-order valence-electron chi connectivity index (χ0n) is 24.6. The Hall–Kier alpha value is -3.12. The SMILES string of the molecule is CC(=O)O[C@H]1C(=O)[C@@]2(C)[C@H](O)C[C@@H]3OC[C@]3(OC(C)=O)[C@@H]2C(OC(=O)c2ccccc2)[C@]2(O)C[C@H](O)C(C)=C1C2(C)C. The van der Waals surface area contributed by atoms with Crippen LogP contribution in [0, 0.1) is 16.7 Å². The van der Waals surface area contributed by atoms with Gasteiger partial charge < -0.3 is 34.3 Å². The highest BCUT2D eigenvalue weighted by Crippen LogP contribution is 2.64. The average molecular weight is 587 g/mol. The Morgan fingerprint density at radius 2 is 1.64 bits per heavy atom. The standard InChI is InChI=1S/C31H38O11/c1-15-19(34)13-31(38)26(41-27(37)18-10-8-7-9-11-18)24-29(6,20(35)12-21-30(24,14-39-21)42-17(3)33)25(36)23(40-16(2)32)22(15)28(31,4)5/h7-11,19-21,23-24,26,34-35,38H,12-14H2,1-6H3/t19-,20+,21-,23+,24+,26?,29-,30+,31+/m0/s1. The monoisotopic (exact) mass is 586 g/mol. The van der Waals surface area contributed by atoms with E-state index in [-0.39, 0.29) is 30.6 Å². The number of hydrogen-bond acceptors (Lipinski definition) is 11. The van der Waals surface area contributed by atoms with Gasteiger partial charge in [-0.05, 0) is 37.1 Å². The number of esters is 3. The predicted octanol–water partition coefficient (Wildman–Crippen LogP) is 1.65. The van der Waals surface area contributed by atoms with E-state index in [4.69, 9.17) is 18.9 Å². The Morgan fingerprint density at radius 3 is 2.19 bits per heavy atom. The third-order valence-electron chi connectivity index (χ3n) is 10.2. The second-order valence-electron chi connectivity index (χ2n) is 12.8. The lowest BCUT2D eigenvalue weighted by Gasteiger charge is -2.67. The van der Waals surface area contributed by atoms with Crippen molar-refractivity contribution < 1.29 is 53.4 Å². The molecule has 1 aliphatic heterocycles. The summed E-state index contributed by atoms with van der Waals surface area (Å²) in [6, 6.07) is 8.05. The van der Waals surface area contributed by atoms with Gasteiger partial charge in [-0.15, -0.1) is 0 Å². The van der Waals surface area contributed by atoms with Crippen LogP contribution in [-0.2, 0) is 33.3 Å². The summed E-state index contributed by atoms with van der Waals surface area (Å²) in [5.41, 5.74) is -6.38. The summed E-state index contributed by atoms with van der Waals surface area (Å²) in [6.07, 6.45) is -7.27. The highest BCUT2D eigenvalue weighted by Gasteiger charge is 2.78. The van der Waals surface area contributed by atoms with Crippen LogP contribution < -0.4 is 0 Å². The van der Waals surface area contributed by atoms with Gasteiger partial charge in [0.1, 0.15) is 17.8 Å². The van der Waals surface area contributed by atoms with Crippen LogP contribution in [0.4, 0.5) is 0 Å². The molecule has 11 heteroatoms. The fourth-order valence-electron chi connectivity index (χ4n) is 7.91. The highest BCUT2D eigenvalue weighted by atomic mass is 16.6. The normalized spacial score (nSPS) is 40.4. The molecule has 4 aliphatic rings. The van der Waals surface area contributed by atoms with Gasteiger partial charge in [0.25, 0.3) is 0 Å². The summed E-state index contributed by atoms with van der Waals surface area (Å²) in [6.45, 7) is 8.42. The van der Waals surface area contributed by atoms with Crippen molar-refractivity contribution in [3.8, 4) is 0 Å². The van der Waals surface area contributed by atoms with Gasteiger partial charge in [0.15, 0.2) is 17.5 Å². The van der Waals surface area contributed by atoms with Crippen molar-refractivity contribution in [2.75, 3.05) is 6.61 Å². The molecule has 2 saturated carbocycles. The number of rotatable bonds is 4. The van der Waals surface area contributed by atoms with Crippen molar-refractivity contribution in [3.05, 3.63) is 47.0 Å². The summed E-state index contributed by atoms with van der Waals surface area (Å²) < 4.78 is 23.5. The quantitative estimate of drug-likeness (QED) is 0.267. The second-order valence-corrected chi connectivity index (χ2v) is 12.8. The molecule has 3 N–H and O–H groups in total. The summed E-state index contributed by atoms with van der Waals surface area (Å²) in [5.74, 6) is -4.41. The van der Waals surface area contributed by atoms with Crippen molar-refractivity contribution >= 4 is 23.7 Å². The van der Waals surface area contributed by atoms with Crippen LogP contribution in [0.1, 0.15) is 64.7 Å². The number of hydrogen-bond donors (Lipinski definition) is 3. The maximum atomic E-state index is 14.8. The lowest BCUT2D eigenvalue weighted by atomic mass is 9.44. The number of aliphatic hydroxyl groups is 3. The van der Waals surface area contributed by atoms with Crippen LogP contribution in [0.15, 0.2) is 41.5 Å². The first kappa shape index (κ1) is 30.3. The van der Waals surface area contributed by atoms with Gasteiger partial charge in [-0.3, -0.25) is 14.4 Å². The molecule has 0 radical (unpaired) electrons. The number of fused-ring (bicyclic) bond motifs is 5. The average Bonchev–Trinajstić information content (AvgIpc) is 2.90. The van der Waals surface area contributed by atoms with E-state index in [2.05, 4.69) is 0 Å². The molecule has 3 aliphatic carbocycles. The Balaban J connectivity index is 1.84. The van der Waals surface area contributed by atoms with Gasteiger partial charge in [0.05, 0.1) is 35.7 Å². The predicted molar refractivity (Wildman–Crippen MR) is 145 cm³/mol. The summed E-state index contributed by atoms with van der Waals surface area (Å²) in [5, 5.41) is 35.8. The topological polar surface area (TPSA) is 166 Å². The largest absolute Gasteiger partial charge is 0.455 e. The Bertz CT molecular complexity index is 1350. The molecule has 2 bridgehead atoms. The molecule has 1 saturated heterocycles. The Kier molecular flexibility index (Phi) is 7.20. The van der Waals surface area contributed by atoms with Gasteiger partial charge in [-0.25, -0.2) is 4.79 Å². The van der Waals surface area contributed by atoms with Crippen molar-refractivity contribution in [1.82, 2.24) is 0 Å². The fourth-order valence-corrected chi connectivity index (χ4v) is 7.91. The maximum absolute atomic E-state index is 14.8. The molecule has 3 fully saturated rings. The van der Waals surface area contributed by atoms with Gasteiger partial charge in [0, 0.05) is 32.1 Å². The van der Waals surface area contributed by atoms with Crippen LogP contribution in [0.25, 0.3) is 0 Å². The third kappa shape index (κ3) is 4.08. The molecular formula is C31H38O11. The number of ketones is 1. The number of Topliss-reactive ketones (excluding diaryl/α,β-unsaturated/α-hetero) is 1. The van der Waals surface area contributed by atoms with Crippen molar-refractivity contribution in [3.63, 3.8) is 0 Å². The number of carbonyl (C=O) groups excluding carboxylic acids is 4. The first-order valence-corrected chi connectivity index (χ1v) is 14.1. The maximum Gasteiger partial charge on any atom is 0.338 e. The van der Waals surface area contributed by atoms with Gasteiger partial charge in [-0.2, -0.15) is 0 Å². The fraction of sp³-hybridized carbons (Fsp3) is 0.613. The van der Waals surface area contributed by atoms with Crippen molar-refractivity contribution in [1.29, 1.82) is 0 Å². The van der Waals surface area contributed by atoms with Gasteiger partial charge in [-0.1, -0.05) is 32.0 Å². The molecule has 9 atom stereocenters. The Morgan fingerprint density at radius 1 is 1.00 bits per heavy atom. The lowest BCUT2D eigenvalue weighted by molar-refractivity contribution is -0.345. The first-order chi connectivity index (χ1) is 19.5. The van der Waals surface area contributed by atoms with E-state index >= 15 is 0 Å². The van der Waals surface area contributed by atoms with Crippen LogP contribution in [0.5, 0.6) is 0 Å². The molecule has 11 nitrogen and oxygen atoms in total. The van der Waals surface area contributed by atoms with E-state index in [1.807, 2.05) is 0 Å². The van der Waals surface area contributed by atoms with Gasteiger partial charge >= 0.3 is 17.9 Å². The number of ether oxygens (including phenoxy) is 4. The van der Waals surface area contributed by atoms with Crippen molar-refractivity contribution in [2.45, 2.75) is 96.1 Å². The molecule has 1 aromatic rings. The van der Waals surface area contributed by atoms with E-state index in [9.17, 15) is 34.5 Å². The van der Waals surface area contributed by atoms with Crippen LogP contribution in [0.3, 0.4) is 0 Å². The minimum absolute atomic E-state index is 0.110. The minimum Gasteiger partial charge on any atom is -0.455 e. The molecule has 1 unspecified atom stereocenters. The summed E-state index contributed by atoms with van der Waals surface area (Å²) >= 11 is 0. The molecule has 0 aromatic heterocycles. The third-order valence-corrected chi connectivity index (χ3v) is 10.2. The number of benzene rings is 1. The smallest absolute Gasteiger partial charge is 0.338 e. The van der Waals surface area contributed by atoms with Gasteiger partial charge in [0.2, 0.25) is 0 Å². The summed E-state index contributed by atoms with van der Waals surface area (Å²) in [4.78, 5) is 53.4. The molecular weight excluding hydrogens is 548 g/mol.